The van der Waals surface area contributed by atoms with Crippen LogP contribution >= 0.6 is 0 Å². The van der Waals surface area contributed by atoms with Crippen LogP contribution in [0.1, 0.15) is 56.4 Å². The summed E-state index contributed by atoms with van der Waals surface area (Å²) in [5.41, 5.74) is 2.21. The predicted octanol–water partition coefficient (Wildman–Crippen LogP) is 3.98. The molecule has 0 aromatic heterocycles. The zero-order valence-corrected chi connectivity index (χ0v) is 11.2. The van der Waals surface area contributed by atoms with Gasteiger partial charge in [0.15, 0.2) is 0 Å². The van der Waals surface area contributed by atoms with E-state index in [0.717, 1.165) is 5.69 Å². The molecule has 1 aliphatic carbocycles. The molecule has 3 nitrogen and oxygen atoms in total. The van der Waals surface area contributed by atoms with E-state index in [1.807, 2.05) is 18.2 Å². The van der Waals surface area contributed by atoms with Crippen LogP contribution in [0.3, 0.4) is 0 Å². The standard InChI is InChI=1S/C16H20N2O/c17-12-4-7-16(19)18-15-10-8-14(9-11-15)13-5-2-1-3-6-13/h8-11,13H,1-7H2,(H,18,19). The lowest BCUT2D eigenvalue weighted by molar-refractivity contribution is -0.116. The highest BCUT2D eigenvalue weighted by molar-refractivity contribution is 5.90. The first-order chi connectivity index (χ1) is 9.29. The molecule has 1 aromatic carbocycles. The Labute approximate surface area is 114 Å². The third-order valence-corrected chi connectivity index (χ3v) is 3.73. The highest BCUT2D eigenvalue weighted by Crippen LogP contribution is 2.32. The quantitative estimate of drug-likeness (QED) is 0.886. The van der Waals surface area contributed by atoms with Gasteiger partial charge in [-0.1, -0.05) is 31.4 Å². The Morgan fingerprint density at radius 3 is 2.53 bits per heavy atom. The lowest BCUT2D eigenvalue weighted by atomic mass is 9.84. The third kappa shape index (κ3) is 4.10. The van der Waals surface area contributed by atoms with E-state index in [0.29, 0.717) is 5.92 Å². The number of benzene rings is 1. The normalized spacial score (nSPS) is 15.7. The Balaban J connectivity index is 1.90. The van der Waals surface area contributed by atoms with Gasteiger partial charge < -0.3 is 5.32 Å². The number of carbonyl (C=O) groups excluding carboxylic acids is 1. The van der Waals surface area contributed by atoms with Crippen LogP contribution in [-0.4, -0.2) is 5.91 Å². The molecule has 1 N–H and O–H groups in total. The molecule has 0 aliphatic heterocycles. The van der Waals surface area contributed by atoms with Gasteiger partial charge in [0.05, 0.1) is 6.07 Å². The first kappa shape index (κ1) is 13.6. The second kappa shape index (κ2) is 6.94. The number of nitriles is 1. The van der Waals surface area contributed by atoms with Crippen LogP contribution in [0.5, 0.6) is 0 Å². The smallest absolute Gasteiger partial charge is 0.225 e. The van der Waals surface area contributed by atoms with Crippen LogP contribution in [-0.2, 0) is 4.79 Å². The highest BCUT2D eigenvalue weighted by atomic mass is 16.1. The van der Waals surface area contributed by atoms with Gasteiger partial charge in [-0.25, -0.2) is 0 Å². The molecule has 0 atom stereocenters. The van der Waals surface area contributed by atoms with E-state index in [-0.39, 0.29) is 18.7 Å². The molecule has 0 bridgehead atoms. The van der Waals surface area contributed by atoms with Crippen molar-refractivity contribution in [2.75, 3.05) is 5.32 Å². The van der Waals surface area contributed by atoms with Crippen molar-refractivity contribution in [3.63, 3.8) is 0 Å². The minimum Gasteiger partial charge on any atom is -0.326 e. The largest absolute Gasteiger partial charge is 0.326 e. The summed E-state index contributed by atoms with van der Waals surface area (Å²) in [6, 6.07) is 10.2. The highest BCUT2D eigenvalue weighted by Gasteiger charge is 2.15. The second-order valence-corrected chi connectivity index (χ2v) is 5.16. The predicted molar refractivity (Wildman–Crippen MR) is 75.7 cm³/mol. The average molecular weight is 256 g/mol. The SMILES string of the molecule is N#CCCC(=O)Nc1ccc(C2CCCCC2)cc1. The molecule has 1 amide bonds. The Bertz CT molecular complexity index is 453. The third-order valence-electron chi connectivity index (χ3n) is 3.73. The molecule has 0 unspecified atom stereocenters. The molecule has 19 heavy (non-hydrogen) atoms. The van der Waals surface area contributed by atoms with E-state index >= 15 is 0 Å². The van der Waals surface area contributed by atoms with E-state index < -0.39 is 0 Å². The van der Waals surface area contributed by atoms with Gasteiger partial charge >= 0.3 is 0 Å². The van der Waals surface area contributed by atoms with Crippen molar-refractivity contribution < 1.29 is 4.79 Å². The van der Waals surface area contributed by atoms with Crippen molar-refractivity contribution in [2.24, 2.45) is 0 Å². The summed E-state index contributed by atoms with van der Waals surface area (Å²) in [5.74, 6) is 0.601. The van der Waals surface area contributed by atoms with Crippen LogP contribution in [0.15, 0.2) is 24.3 Å². The molecule has 1 saturated carbocycles. The van der Waals surface area contributed by atoms with E-state index in [4.69, 9.17) is 5.26 Å². The molecular formula is C16H20N2O. The zero-order chi connectivity index (χ0) is 13.5. The maximum atomic E-state index is 11.5. The van der Waals surface area contributed by atoms with Crippen molar-refractivity contribution in [3.8, 4) is 6.07 Å². The minimum atomic E-state index is -0.0908. The van der Waals surface area contributed by atoms with Crippen LogP contribution in [0.25, 0.3) is 0 Å². The number of anilines is 1. The first-order valence-corrected chi connectivity index (χ1v) is 7.06. The van der Waals surface area contributed by atoms with E-state index in [9.17, 15) is 4.79 Å². The summed E-state index contributed by atoms with van der Waals surface area (Å²) in [4.78, 5) is 11.5. The molecular weight excluding hydrogens is 236 g/mol. The summed E-state index contributed by atoms with van der Waals surface area (Å²) in [6.07, 6.45) is 7.13. The van der Waals surface area contributed by atoms with Crippen LogP contribution < -0.4 is 5.32 Å². The molecule has 0 saturated heterocycles. The van der Waals surface area contributed by atoms with Crippen molar-refractivity contribution in [1.82, 2.24) is 0 Å². The monoisotopic (exact) mass is 256 g/mol. The van der Waals surface area contributed by atoms with E-state index in [2.05, 4.69) is 17.4 Å². The maximum absolute atomic E-state index is 11.5. The first-order valence-electron chi connectivity index (χ1n) is 7.06. The van der Waals surface area contributed by atoms with Crippen molar-refractivity contribution in [2.45, 2.75) is 50.9 Å². The number of amides is 1. The molecule has 0 heterocycles. The number of nitrogens with zero attached hydrogens (tertiary/aromatic N) is 1. The summed E-state index contributed by atoms with van der Waals surface area (Å²) in [7, 11) is 0. The average Bonchev–Trinajstić information content (AvgIpc) is 2.47. The van der Waals surface area contributed by atoms with Crippen molar-refractivity contribution in [3.05, 3.63) is 29.8 Å². The lowest BCUT2D eigenvalue weighted by Gasteiger charge is -2.22. The fraction of sp³-hybridized carbons (Fsp3) is 0.500. The Hall–Kier alpha value is -1.82. The van der Waals surface area contributed by atoms with Gasteiger partial charge in [0.2, 0.25) is 5.91 Å². The Kier molecular flexibility index (Phi) is 4.97. The van der Waals surface area contributed by atoms with Gasteiger partial charge in [-0.3, -0.25) is 4.79 Å². The molecule has 1 aliphatic rings. The van der Waals surface area contributed by atoms with E-state index in [1.54, 1.807) is 0 Å². The van der Waals surface area contributed by atoms with E-state index in [1.165, 1.54) is 37.7 Å². The topological polar surface area (TPSA) is 52.9 Å². The van der Waals surface area contributed by atoms with Gasteiger partial charge in [-0.05, 0) is 36.5 Å². The minimum absolute atomic E-state index is 0.0908. The number of nitrogens with one attached hydrogen (secondary N) is 1. The van der Waals surface area contributed by atoms with Gasteiger partial charge in [0.25, 0.3) is 0 Å². The van der Waals surface area contributed by atoms with Crippen molar-refractivity contribution >= 4 is 11.6 Å². The van der Waals surface area contributed by atoms with Crippen LogP contribution in [0.4, 0.5) is 5.69 Å². The number of rotatable bonds is 4. The maximum Gasteiger partial charge on any atom is 0.225 e. The van der Waals surface area contributed by atoms with Crippen molar-refractivity contribution in [1.29, 1.82) is 5.26 Å². The Morgan fingerprint density at radius 2 is 1.89 bits per heavy atom. The number of carbonyl (C=O) groups is 1. The number of hydrogen-bond donors (Lipinski definition) is 1. The van der Waals surface area contributed by atoms with Gasteiger partial charge in [-0.15, -0.1) is 0 Å². The molecule has 1 aromatic rings. The molecule has 2 rings (SSSR count). The summed E-state index contributed by atoms with van der Waals surface area (Å²) in [6.45, 7) is 0. The summed E-state index contributed by atoms with van der Waals surface area (Å²) in [5, 5.41) is 11.2. The summed E-state index contributed by atoms with van der Waals surface area (Å²) < 4.78 is 0. The van der Waals surface area contributed by atoms with Crippen LogP contribution in [0.2, 0.25) is 0 Å². The van der Waals surface area contributed by atoms with Gasteiger partial charge in [0, 0.05) is 18.5 Å². The fourth-order valence-corrected chi connectivity index (χ4v) is 2.67. The lowest BCUT2D eigenvalue weighted by Crippen LogP contribution is -2.11. The molecule has 0 spiro atoms. The molecule has 3 heteroatoms. The molecule has 0 radical (unpaired) electrons. The fourth-order valence-electron chi connectivity index (χ4n) is 2.67. The van der Waals surface area contributed by atoms with Gasteiger partial charge in [0.1, 0.15) is 0 Å². The molecule has 1 fully saturated rings. The number of hydrogen-bond acceptors (Lipinski definition) is 2. The van der Waals surface area contributed by atoms with Crippen LogP contribution in [0, 0.1) is 11.3 Å². The summed E-state index contributed by atoms with van der Waals surface area (Å²) >= 11 is 0. The molecule has 100 valence electrons. The second-order valence-electron chi connectivity index (χ2n) is 5.16. The Morgan fingerprint density at radius 1 is 1.21 bits per heavy atom. The van der Waals surface area contributed by atoms with Gasteiger partial charge in [-0.2, -0.15) is 5.26 Å². The zero-order valence-electron chi connectivity index (χ0n) is 11.2.